The van der Waals surface area contributed by atoms with Gasteiger partial charge in [0.15, 0.2) is 0 Å². The van der Waals surface area contributed by atoms with Crippen molar-refractivity contribution in [1.29, 1.82) is 0 Å². The maximum Gasteiger partial charge on any atom is 0.227 e. The molecule has 0 aromatic heterocycles. The van der Waals surface area contributed by atoms with Gasteiger partial charge in [0.05, 0.1) is 24.4 Å². The molecule has 5 heteroatoms. The molecule has 0 amide bonds. The molecule has 4 unspecified atom stereocenters. The fraction of sp³-hybridized carbons (Fsp3) is 0.538. The van der Waals surface area contributed by atoms with Crippen molar-refractivity contribution in [3.63, 3.8) is 0 Å². The summed E-state index contributed by atoms with van der Waals surface area (Å²) < 4.78 is 32.2. The standard InChI is InChI=1S/C26H34O5/c1-23(2,3)29-25(21-17-27-21,19-13-9-7-10-14-19)31-26(22-18-28-22,30-24(4,5)6)20-15-11-8-12-16-20/h7-16,21-22H,17-18H2,1-6H3. The average Bonchev–Trinajstić information content (AvgIpc) is 3.58. The number of ether oxygens (including phenoxy) is 5. The highest BCUT2D eigenvalue weighted by atomic mass is 16.8. The van der Waals surface area contributed by atoms with Gasteiger partial charge in [0.2, 0.25) is 11.6 Å². The van der Waals surface area contributed by atoms with E-state index in [1.165, 1.54) is 0 Å². The number of hydrogen-bond donors (Lipinski definition) is 0. The highest BCUT2D eigenvalue weighted by Crippen LogP contribution is 2.51. The van der Waals surface area contributed by atoms with Crippen LogP contribution in [0.25, 0.3) is 0 Å². The summed E-state index contributed by atoms with van der Waals surface area (Å²) in [5.41, 5.74) is 0.809. The molecule has 4 atom stereocenters. The van der Waals surface area contributed by atoms with Crippen molar-refractivity contribution >= 4 is 0 Å². The summed E-state index contributed by atoms with van der Waals surface area (Å²) in [6, 6.07) is 20.0. The van der Waals surface area contributed by atoms with E-state index in [1.807, 2.05) is 102 Å². The fourth-order valence-corrected chi connectivity index (χ4v) is 3.92. The van der Waals surface area contributed by atoms with E-state index < -0.39 is 22.8 Å². The van der Waals surface area contributed by atoms with Crippen molar-refractivity contribution in [1.82, 2.24) is 0 Å². The van der Waals surface area contributed by atoms with Gasteiger partial charge in [-0.25, -0.2) is 0 Å². The second-order valence-electron chi connectivity index (χ2n) is 10.2. The van der Waals surface area contributed by atoms with Crippen LogP contribution in [0.4, 0.5) is 0 Å². The largest absolute Gasteiger partial charge is 0.367 e. The summed E-state index contributed by atoms with van der Waals surface area (Å²) >= 11 is 0. The maximum absolute atomic E-state index is 7.10. The van der Waals surface area contributed by atoms with Gasteiger partial charge in [0, 0.05) is 11.1 Å². The van der Waals surface area contributed by atoms with Crippen LogP contribution >= 0.6 is 0 Å². The zero-order chi connectivity index (χ0) is 22.3. The van der Waals surface area contributed by atoms with Crippen molar-refractivity contribution in [3.05, 3.63) is 71.8 Å². The molecular weight excluding hydrogens is 392 g/mol. The fourth-order valence-electron chi connectivity index (χ4n) is 3.92. The molecule has 0 aliphatic carbocycles. The quantitative estimate of drug-likeness (QED) is 0.432. The molecule has 2 heterocycles. The Morgan fingerprint density at radius 3 is 1.16 bits per heavy atom. The lowest BCUT2D eigenvalue weighted by molar-refractivity contribution is -0.415. The molecule has 2 aliphatic rings. The first-order valence-electron chi connectivity index (χ1n) is 11.0. The van der Waals surface area contributed by atoms with Gasteiger partial charge in [-0.3, -0.25) is 0 Å². The monoisotopic (exact) mass is 426 g/mol. The van der Waals surface area contributed by atoms with Crippen LogP contribution < -0.4 is 0 Å². The van der Waals surface area contributed by atoms with E-state index in [2.05, 4.69) is 0 Å². The molecule has 2 aromatic rings. The first-order chi connectivity index (χ1) is 14.5. The molecule has 31 heavy (non-hydrogen) atoms. The van der Waals surface area contributed by atoms with Crippen LogP contribution in [0.1, 0.15) is 52.7 Å². The van der Waals surface area contributed by atoms with E-state index in [4.69, 9.17) is 23.7 Å². The molecule has 0 radical (unpaired) electrons. The van der Waals surface area contributed by atoms with Crippen molar-refractivity contribution < 1.29 is 23.7 Å². The zero-order valence-corrected chi connectivity index (χ0v) is 19.4. The van der Waals surface area contributed by atoms with Gasteiger partial charge >= 0.3 is 0 Å². The molecule has 0 saturated carbocycles. The van der Waals surface area contributed by atoms with Gasteiger partial charge < -0.3 is 23.7 Å². The maximum atomic E-state index is 7.10. The average molecular weight is 427 g/mol. The predicted octanol–water partition coefficient (Wildman–Crippen LogP) is 5.14. The number of epoxide rings is 2. The van der Waals surface area contributed by atoms with Gasteiger partial charge in [-0.2, -0.15) is 0 Å². The summed E-state index contributed by atoms with van der Waals surface area (Å²) in [4.78, 5) is 0. The van der Waals surface area contributed by atoms with Crippen LogP contribution in [0.2, 0.25) is 0 Å². The van der Waals surface area contributed by atoms with E-state index in [1.54, 1.807) is 0 Å². The van der Waals surface area contributed by atoms with Gasteiger partial charge in [-0.05, 0) is 41.5 Å². The third-order valence-electron chi connectivity index (χ3n) is 5.09. The second kappa shape index (κ2) is 7.98. The zero-order valence-electron chi connectivity index (χ0n) is 19.4. The van der Waals surface area contributed by atoms with Gasteiger partial charge in [-0.1, -0.05) is 60.7 Å². The van der Waals surface area contributed by atoms with E-state index in [9.17, 15) is 0 Å². The van der Waals surface area contributed by atoms with Crippen molar-refractivity contribution in [2.24, 2.45) is 0 Å². The smallest absolute Gasteiger partial charge is 0.227 e. The lowest BCUT2D eigenvalue weighted by atomic mass is 9.96. The molecule has 0 N–H and O–H groups in total. The van der Waals surface area contributed by atoms with Crippen LogP contribution in [0, 0.1) is 0 Å². The second-order valence-corrected chi connectivity index (χ2v) is 10.2. The first kappa shape index (κ1) is 22.4. The van der Waals surface area contributed by atoms with Gasteiger partial charge in [0.25, 0.3) is 0 Å². The summed E-state index contributed by atoms with van der Waals surface area (Å²) in [5.74, 6) is -2.32. The normalized spacial score (nSPS) is 24.8. The SMILES string of the molecule is CC(C)(C)OC(OC(OC(C)(C)C)(c1ccccc1)C1CO1)(c1ccccc1)C1CO1. The Morgan fingerprint density at radius 2 is 0.903 bits per heavy atom. The minimum atomic E-state index is -1.16. The van der Waals surface area contributed by atoms with Crippen LogP contribution in [-0.2, 0) is 35.3 Å². The summed E-state index contributed by atoms with van der Waals surface area (Å²) in [7, 11) is 0. The molecule has 2 fully saturated rings. The van der Waals surface area contributed by atoms with Crippen molar-refractivity contribution in [3.8, 4) is 0 Å². The topological polar surface area (TPSA) is 52.8 Å². The van der Waals surface area contributed by atoms with E-state index in [0.717, 1.165) is 11.1 Å². The Labute approximate surface area is 185 Å². The van der Waals surface area contributed by atoms with Crippen LogP contribution in [0.3, 0.4) is 0 Å². The summed E-state index contributed by atoms with van der Waals surface area (Å²) in [5, 5.41) is 0. The predicted molar refractivity (Wildman–Crippen MR) is 118 cm³/mol. The minimum Gasteiger partial charge on any atom is -0.367 e. The third-order valence-corrected chi connectivity index (χ3v) is 5.09. The van der Waals surface area contributed by atoms with Crippen LogP contribution in [0.15, 0.2) is 60.7 Å². The Hall–Kier alpha value is -1.76. The Kier molecular flexibility index (Phi) is 5.78. The molecule has 2 aromatic carbocycles. The molecule has 168 valence electrons. The Balaban J connectivity index is 1.89. The van der Waals surface area contributed by atoms with Gasteiger partial charge in [0.1, 0.15) is 12.2 Å². The van der Waals surface area contributed by atoms with Crippen molar-refractivity contribution in [2.75, 3.05) is 13.2 Å². The summed E-state index contributed by atoms with van der Waals surface area (Å²) in [6.07, 6.45) is -0.501. The highest BCUT2D eigenvalue weighted by molar-refractivity contribution is 5.28. The third kappa shape index (κ3) is 5.02. The van der Waals surface area contributed by atoms with E-state index >= 15 is 0 Å². The van der Waals surface area contributed by atoms with E-state index in [0.29, 0.717) is 13.2 Å². The molecule has 2 saturated heterocycles. The Bertz CT molecular complexity index is 789. The lowest BCUT2D eigenvalue weighted by Crippen LogP contribution is -2.54. The molecule has 5 nitrogen and oxygen atoms in total. The molecule has 4 rings (SSSR count). The first-order valence-corrected chi connectivity index (χ1v) is 11.0. The van der Waals surface area contributed by atoms with E-state index in [-0.39, 0.29) is 12.2 Å². The molecule has 0 spiro atoms. The Morgan fingerprint density at radius 1 is 0.581 bits per heavy atom. The number of benzene rings is 2. The van der Waals surface area contributed by atoms with Gasteiger partial charge in [-0.15, -0.1) is 0 Å². The number of rotatable bonds is 8. The lowest BCUT2D eigenvalue weighted by Gasteiger charge is -2.47. The van der Waals surface area contributed by atoms with Crippen LogP contribution in [0.5, 0.6) is 0 Å². The molecule has 0 bridgehead atoms. The summed E-state index contributed by atoms with van der Waals surface area (Å²) in [6.45, 7) is 13.3. The molecular formula is C26H34O5. The minimum absolute atomic E-state index is 0.250. The highest BCUT2D eigenvalue weighted by Gasteiger charge is 2.62. The van der Waals surface area contributed by atoms with Crippen molar-refractivity contribution in [2.45, 2.75) is 76.5 Å². The molecule has 2 aliphatic heterocycles. The number of hydrogen-bond acceptors (Lipinski definition) is 5. The van der Waals surface area contributed by atoms with Crippen LogP contribution in [-0.4, -0.2) is 36.6 Å².